The maximum absolute atomic E-state index is 12.2. The Bertz CT molecular complexity index is 380. The standard InChI is InChI=1S/C14H21NO3S/c1-2-17-8-9-18-12-5-3-7-15(11-12)14(16)13-6-4-10-19-13/h4,6,10,12H,2-3,5,7-9,11H2,1H3. The van der Waals surface area contributed by atoms with Gasteiger partial charge in [0.2, 0.25) is 0 Å². The lowest BCUT2D eigenvalue weighted by Gasteiger charge is -2.32. The van der Waals surface area contributed by atoms with Gasteiger partial charge in [-0.1, -0.05) is 6.07 Å². The number of rotatable bonds is 6. The zero-order valence-corrected chi connectivity index (χ0v) is 12.2. The maximum Gasteiger partial charge on any atom is 0.264 e. The molecule has 1 atom stereocenters. The number of ether oxygens (including phenoxy) is 2. The van der Waals surface area contributed by atoms with E-state index in [-0.39, 0.29) is 12.0 Å². The fourth-order valence-electron chi connectivity index (χ4n) is 2.23. The summed E-state index contributed by atoms with van der Waals surface area (Å²) < 4.78 is 11.0. The van der Waals surface area contributed by atoms with Crippen molar-refractivity contribution >= 4 is 17.2 Å². The SMILES string of the molecule is CCOCCOC1CCCN(C(=O)c2cccs2)C1. The van der Waals surface area contributed by atoms with E-state index >= 15 is 0 Å². The molecular formula is C14H21NO3S. The fourth-order valence-corrected chi connectivity index (χ4v) is 2.92. The highest BCUT2D eigenvalue weighted by Gasteiger charge is 2.25. The third-order valence-corrected chi connectivity index (χ3v) is 4.04. The van der Waals surface area contributed by atoms with Crippen molar-refractivity contribution in [1.82, 2.24) is 4.90 Å². The van der Waals surface area contributed by atoms with Gasteiger partial charge in [0.05, 0.1) is 24.2 Å². The number of carbonyl (C=O) groups is 1. The summed E-state index contributed by atoms with van der Waals surface area (Å²) in [6, 6.07) is 3.80. The average molecular weight is 283 g/mol. The molecule has 5 heteroatoms. The molecule has 1 aliphatic heterocycles. The van der Waals surface area contributed by atoms with E-state index in [9.17, 15) is 4.79 Å². The minimum Gasteiger partial charge on any atom is -0.379 e. The van der Waals surface area contributed by atoms with Gasteiger partial charge in [0.1, 0.15) is 0 Å². The van der Waals surface area contributed by atoms with Crippen molar-refractivity contribution < 1.29 is 14.3 Å². The number of amides is 1. The van der Waals surface area contributed by atoms with E-state index < -0.39 is 0 Å². The predicted octanol–water partition coefficient (Wildman–Crippen LogP) is 2.41. The fraction of sp³-hybridized carbons (Fsp3) is 0.643. The highest BCUT2D eigenvalue weighted by molar-refractivity contribution is 7.12. The molecule has 4 nitrogen and oxygen atoms in total. The van der Waals surface area contributed by atoms with Gasteiger partial charge in [-0.15, -0.1) is 11.3 Å². The van der Waals surface area contributed by atoms with Crippen LogP contribution >= 0.6 is 11.3 Å². The molecule has 0 aliphatic carbocycles. The Balaban J connectivity index is 1.78. The summed E-state index contributed by atoms with van der Waals surface area (Å²) in [6.45, 7) is 5.47. The lowest BCUT2D eigenvalue weighted by molar-refractivity contribution is -0.0225. The van der Waals surface area contributed by atoms with E-state index in [1.807, 2.05) is 29.3 Å². The van der Waals surface area contributed by atoms with Crippen molar-refractivity contribution in [2.45, 2.75) is 25.9 Å². The van der Waals surface area contributed by atoms with Gasteiger partial charge in [-0.2, -0.15) is 0 Å². The van der Waals surface area contributed by atoms with E-state index in [4.69, 9.17) is 9.47 Å². The lowest BCUT2D eigenvalue weighted by atomic mass is 10.1. The van der Waals surface area contributed by atoms with Crippen LogP contribution in [0.1, 0.15) is 29.4 Å². The van der Waals surface area contributed by atoms with Crippen LogP contribution in [0.15, 0.2) is 17.5 Å². The Labute approximate surface area is 118 Å². The molecule has 0 N–H and O–H groups in total. The van der Waals surface area contributed by atoms with Crippen molar-refractivity contribution in [2.75, 3.05) is 32.9 Å². The Morgan fingerprint density at radius 2 is 2.42 bits per heavy atom. The van der Waals surface area contributed by atoms with E-state index in [1.165, 1.54) is 11.3 Å². The minimum absolute atomic E-state index is 0.133. The monoisotopic (exact) mass is 283 g/mol. The van der Waals surface area contributed by atoms with Crippen LogP contribution in [-0.4, -0.2) is 49.8 Å². The molecule has 19 heavy (non-hydrogen) atoms. The smallest absolute Gasteiger partial charge is 0.264 e. The van der Waals surface area contributed by atoms with Crippen LogP contribution in [0.25, 0.3) is 0 Å². The van der Waals surface area contributed by atoms with Crippen LogP contribution < -0.4 is 0 Å². The molecule has 1 fully saturated rings. The van der Waals surface area contributed by atoms with E-state index in [0.717, 1.165) is 30.9 Å². The van der Waals surface area contributed by atoms with Crippen LogP contribution in [0.4, 0.5) is 0 Å². The van der Waals surface area contributed by atoms with Crippen LogP contribution in [0, 0.1) is 0 Å². The number of hydrogen-bond donors (Lipinski definition) is 0. The topological polar surface area (TPSA) is 38.8 Å². The second kappa shape index (κ2) is 7.62. The van der Waals surface area contributed by atoms with Crippen molar-refractivity contribution in [3.8, 4) is 0 Å². The van der Waals surface area contributed by atoms with Gasteiger partial charge >= 0.3 is 0 Å². The normalized spacial score (nSPS) is 19.6. The number of carbonyl (C=O) groups excluding carboxylic acids is 1. The van der Waals surface area contributed by atoms with Crippen LogP contribution in [0.3, 0.4) is 0 Å². The third kappa shape index (κ3) is 4.30. The van der Waals surface area contributed by atoms with Crippen LogP contribution in [0.2, 0.25) is 0 Å². The first-order chi connectivity index (χ1) is 9.31. The Morgan fingerprint density at radius 3 is 3.16 bits per heavy atom. The van der Waals surface area contributed by atoms with Crippen LogP contribution in [0.5, 0.6) is 0 Å². The molecule has 0 aromatic carbocycles. The van der Waals surface area contributed by atoms with Gasteiger partial charge in [0.25, 0.3) is 5.91 Å². The molecule has 0 radical (unpaired) electrons. The number of hydrogen-bond acceptors (Lipinski definition) is 4. The Hall–Kier alpha value is -0.910. The molecule has 1 aliphatic rings. The zero-order valence-electron chi connectivity index (χ0n) is 11.3. The van der Waals surface area contributed by atoms with Crippen molar-refractivity contribution in [3.05, 3.63) is 22.4 Å². The van der Waals surface area contributed by atoms with Gasteiger partial charge in [-0.25, -0.2) is 0 Å². The van der Waals surface area contributed by atoms with Crippen LogP contribution in [-0.2, 0) is 9.47 Å². The summed E-state index contributed by atoms with van der Waals surface area (Å²) in [7, 11) is 0. The van der Waals surface area contributed by atoms with E-state index in [1.54, 1.807) is 0 Å². The van der Waals surface area contributed by atoms with Gasteiger partial charge < -0.3 is 14.4 Å². The number of nitrogens with zero attached hydrogens (tertiary/aromatic N) is 1. The molecule has 2 heterocycles. The summed E-state index contributed by atoms with van der Waals surface area (Å²) in [6.07, 6.45) is 2.19. The van der Waals surface area contributed by atoms with Crippen molar-refractivity contribution in [3.63, 3.8) is 0 Å². The molecule has 1 aromatic rings. The summed E-state index contributed by atoms with van der Waals surface area (Å²) in [5.41, 5.74) is 0. The maximum atomic E-state index is 12.2. The van der Waals surface area contributed by atoms with Crippen molar-refractivity contribution in [2.24, 2.45) is 0 Å². The third-order valence-electron chi connectivity index (χ3n) is 3.18. The first kappa shape index (κ1) is 14.5. The average Bonchev–Trinajstić information content (AvgIpc) is 2.97. The molecule has 1 saturated heterocycles. The minimum atomic E-state index is 0.133. The summed E-state index contributed by atoms with van der Waals surface area (Å²) in [5, 5.41) is 1.94. The summed E-state index contributed by atoms with van der Waals surface area (Å²) >= 11 is 1.50. The van der Waals surface area contributed by atoms with E-state index in [0.29, 0.717) is 19.8 Å². The van der Waals surface area contributed by atoms with Crippen molar-refractivity contribution in [1.29, 1.82) is 0 Å². The molecular weight excluding hydrogens is 262 g/mol. The van der Waals surface area contributed by atoms with Gasteiger partial charge in [-0.3, -0.25) is 4.79 Å². The van der Waals surface area contributed by atoms with Gasteiger partial charge in [0.15, 0.2) is 0 Å². The predicted molar refractivity (Wildman–Crippen MR) is 75.7 cm³/mol. The molecule has 106 valence electrons. The van der Waals surface area contributed by atoms with E-state index in [2.05, 4.69) is 0 Å². The summed E-state index contributed by atoms with van der Waals surface area (Å²) in [4.78, 5) is 15.0. The summed E-state index contributed by atoms with van der Waals surface area (Å²) in [5.74, 6) is 0.133. The Kier molecular flexibility index (Phi) is 5.82. The largest absolute Gasteiger partial charge is 0.379 e. The molecule has 1 amide bonds. The quantitative estimate of drug-likeness (QED) is 0.753. The second-order valence-electron chi connectivity index (χ2n) is 4.56. The number of thiophene rings is 1. The molecule has 0 spiro atoms. The number of likely N-dealkylation sites (tertiary alicyclic amines) is 1. The van der Waals surface area contributed by atoms with Gasteiger partial charge in [-0.05, 0) is 31.2 Å². The molecule has 0 bridgehead atoms. The molecule has 1 aromatic heterocycles. The zero-order chi connectivity index (χ0) is 13.5. The highest BCUT2D eigenvalue weighted by atomic mass is 32.1. The van der Waals surface area contributed by atoms with Gasteiger partial charge in [0, 0.05) is 19.7 Å². The lowest BCUT2D eigenvalue weighted by Crippen LogP contribution is -2.43. The number of piperidine rings is 1. The first-order valence-corrected chi connectivity index (χ1v) is 7.71. The highest BCUT2D eigenvalue weighted by Crippen LogP contribution is 2.18. The molecule has 0 saturated carbocycles. The second-order valence-corrected chi connectivity index (χ2v) is 5.51. The first-order valence-electron chi connectivity index (χ1n) is 6.83. The molecule has 1 unspecified atom stereocenters. The Morgan fingerprint density at radius 1 is 1.53 bits per heavy atom. The molecule has 2 rings (SSSR count).